The second-order valence-corrected chi connectivity index (χ2v) is 4.98. The minimum absolute atomic E-state index is 0.623. The van der Waals surface area contributed by atoms with Gasteiger partial charge in [-0.05, 0) is 46.2 Å². The summed E-state index contributed by atoms with van der Waals surface area (Å²) in [4.78, 5) is 2.65. The van der Waals surface area contributed by atoms with E-state index >= 15 is 0 Å². The van der Waals surface area contributed by atoms with Crippen LogP contribution >= 0.6 is 0 Å². The van der Waals surface area contributed by atoms with Crippen molar-refractivity contribution in [2.75, 3.05) is 13.1 Å². The van der Waals surface area contributed by atoms with E-state index in [1.807, 2.05) is 0 Å². The fourth-order valence-corrected chi connectivity index (χ4v) is 2.36. The van der Waals surface area contributed by atoms with Gasteiger partial charge in [-0.15, -0.1) is 0 Å². The minimum atomic E-state index is 0.623. The average Bonchev–Trinajstić information content (AvgIpc) is 2.50. The maximum atomic E-state index is 3.49. The van der Waals surface area contributed by atoms with Gasteiger partial charge in [-0.3, -0.25) is 4.90 Å². The Labute approximate surface area is 89.1 Å². The van der Waals surface area contributed by atoms with Crippen LogP contribution < -0.4 is 5.32 Å². The van der Waals surface area contributed by atoms with Crippen molar-refractivity contribution in [1.82, 2.24) is 10.2 Å². The summed E-state index contributed by atoms with van der Waals surface area (Å²) < 4.78 is 0. The molecule has 84 valence electrons. The molecule has 1 fully saturated rings. The molecule has 0 spiro atoms. The van der Waals surface area contributed by atoms with Crippen molar-refractivity contribution < 1.29 is 0 Å². The lowest BCUT2D eigenvalue weighted by Crippen LogP contribution is -2.38. The molecule has 0 aliphatic carbocycles. The molecule has 0 aromatic carbocycles. The molecule has 2 heteroatoms. The van der Waals surface area contributed by atoms with E-state index in [1.165, 1.54) is 25.8 Å². The van der Waals surface area contributed by atoms with Gasteiger partial charge in [0.05, 0.1) is 0 Å². The second-order valence-electron chi connectivity index (χ2n) is 4.98. The highest BCUT2D eigenvalue weighted by atomic mass is 15.2. The lowest BCUT2D eigenvalue weighted by atomic mass is 10.1. The highest BCUT2D eigenvalue weighted by molar-refractivity contribution is 4.80. The lowest BCUT2D eigenvalue weighted by Gasteiger charge is -2.28. The van der Waals surface area contributed by atoms with Gasteiger partial charge in [0.25, 0.3) is 0 Å². The molecule has 0 aromatic heterocycles. The predicted octanol–water partition coefficient (Wildman–Crippen LogP) is 2.25. The zero-order valence-corrected chi connectivity index (χ0v) is 10.2. The molecule has 0 radical (unpaired) electrons. The van der Waals surface area contributed by atoms with Crippen LogP contribution in [0.2, 0.25) is 0 Å². The summed E-state index contributed by atoms with van der Waals surface area (Å²) in [7, 11) is 0. The number of rotatable bonds is 5. The Morgan fingerprint density at radius 2 is 2.07 bits per heavy atom. The molecule has 2 atom stereocenters. The van der Waals surface area contributed by atoms with Crippen molar-refractivity contribution in [1.29, 1.82) is 0 Å². The zero-order chi connectivity index (χ0) is 10.6. The molecule has 1 aliphatic rings. The Morgan fingerprint density at radius 1 is 1.36 bits per heavy atom. The molecule has 1 aliphatic heterocycles. The van der Waals surface area contributed by atoms with Crippen molar-refractivity contribution in [3.05, 3.63) is 0 Å². The molecular weight excluding hydrogens is 172 g/mol. The number of nitrogens with zero attached hydrogens (tertiary/aromatic N) is 1. The monoisotopic (exact) mass is 198 g/mol. The number of hydrogen-bond acceptors (Lipinski definition) is 2. The zero-order valence-electron chi connectivity index (χ0n) is 10.2. The average molecular weight is 198 g/mol. The van der Waals surface area contributed by atoms with Crippen LogP contribution in [0.3, 0.4) is 0 Å². The highest BCUT2D eigenvalue weighted by Crippen LogP contribution is 2.20. The first-order valence-electron chi connectivity index (χ1n) is 6.10. The number of nitrogens with one attached hydrogen (secondary N) is 1. The third-order valence-corrected chi connectivity index (χ3v) is 3.29. The van der Waals surface area contributed by atoms with E-state index in [-0.39, 0.29) is 0 Å². The van der Waals surface area contributed by atoms with Gasteiger partial charge in [-0.1, -0.05) is 13.8 Å². The molecule has 0 saturated carbocycles. The molecule has 2 nitrogen and oxygen atoms in total. The topological polar surface area (TPSA) is 15.3 Å². The van der Waals surface area contributed by atoms with Crippen molar-refractivity contribution in [2.24, 2.45) is 0 Å². The molecule has 0 bridgehead atoms. The van der Waals surface area contributed by atoms with E-state index in [1.54, 1.807) is 0 Å². The highest BCUT2D eigenvalue weighted by Gasteiger charge is 2.24. The normalized spacial score (nSPS) is 25.9. The van der Waals surface area contributed by atoms with Crippen molar-refractivity contribution in [3.8, 4) is 0 Å². The first-order chi connectivity index (χ1) is 6.61. The van der Waals surface area contributed by atoms with Gasteiger partial charge >= 0.3 is 0 Å². The first kappa shape index (κ1) is 12.0. The Hall–Kier alpha value is -0.0800. The SMILES string of the molecule is CC(C)NCCC(C)N1CCCC1C. The molecule has 14 heavy (non-hydrogen) atoms. The van der Waals surface area contributed by atoms with Crippen LogP contribution in [0.15, 0.2) is 0 Å². The van der Waals surface area contributed by atoms with E-state index in [4.69, 9.17) is 0 Å². The van der Waals surface area contributed by atoms with Gasteiger partial charge in [0.15, 0.2) is 0 Å². The van der Waals surface area contributed by atoms with Crippen molar-refractivity contribution in [2.45, 2.75) is 65.1 Å². The molecule has 1 rings (SSSR count). The molecule has 1 N–H and O–H groups in total. The van der Waals surface area contributed by atoms with Gasteiger partial charge in [0, 0.05) is 18.1 Å². The third kappa shape index (κ3) is 3.58. The second kappa shape index (κ2) is 5.72. The van der Waals surface area contributed by atoms with E-state index in [0.717, 1.165) is 18.6 Å². The minimum Gasteiger partial charge on any atom is -0.314 e. The van der Waals surface area contributed by atoms with Gasteiger partial charge in [-0.25, -0.2) is 0 Å². The van der Waals surface area contributed by atoms with Crippen LogP contribution in [0.25, 0.3) is 0 Å². The predicted molar refractivity (Wildman–Crippen MR) is 62.6 cm³/mol. The Kier molecular flexibility index (Phi) is 4.90. The molecule has 2 unspecified atom stereocenters. The quantitative estimate of drug-likeness (QED) is 0.729. The Balaban J connectivity index is 2.17. The lowest BCUT2D eigenvalue weighted by molar-refractivity contribution is 0.192. The molecule has 1 saturated heterocycles. The molecule has 0 aromatic rings. The summed E-state index contributed by atoms with van der Waals surface area (Å²) in [5.41, 5.74) is 0. The van der Waals surface area contributed by atoms with E-state index < -0.39 is 0 Å². The summed E-state index contributed by atoms with van der Waals surface area (Å²) in [5, 5.41) is 3.49. The van der Waals surface area contributed by atoms with E-state index in [9.17, 15) is 0 Å². The summed E-state index contributed by atoms with van der Waals surface area (Å²) in [6, 6.07) is 2.18. The van der Waals surface area contributed by atoms with Crippen LogP contribution in [0, 0.1) is 0 Å². The summed E-state index contributed by atoms with van der Waals surface area (Å²) in [6.07, 6.45) is 4.06. The van der Waals surface area contributed by atoms with E-state index in [2.05, 4.69) is 37.9 Å². The fourth-order valence-electron chi connectivity index (χ4n) is 2.36. The van der Waals surface area contributed by atoms with Crippen LogP contribution in [0.5, 0.6) is 0 Å². The van der Waals surface area contributed by atoms with Gasteiger partial charge in [0.1, 0.15) is 0 Å². The van der Waals surface area contributed by atoms with Gasteiger partial charge < -0.3 is 5.32 Å². The summed E-state index contributed by atoms with van der Waals surface area (Å²) in [5.74, 6) is 0. The van der Waals surface area contributed by atoms with Crippen LogP contribution in [-0.2, 0) is 0 Å². The van der Waals surface area contributed by atoms with Crippen molar-refractivity contribution in [3.63, 3.8) is 0 Å². The maximum absolute atomic E-state index is 3.49. The van der Waals surface area contributed by atoms with Gasteiger partial charge in [-0.2, -0.15) is 0 Å². The smallest absolute Gasteiger partial charge is 0.00818 e. The number of likely N-dealkylation sites (tertiary alicyclic amines) is 1. The fraction of sp³-hybridized carbons (Fsp3) is 1.00. The van der Waals surface area contributed by atoms with E-state index in [0.29, 0.717) is 6.04 Å². The Morgan fingerprint density at radius 3 is 2.57 bits per heavy atom. The Bertz CT molecular complexity index is 156. The molecule has 1 heterocycles. The third-order valence-electron chi connectivity index (χ3n) is 3.29. The number of hydrogen-bond donors (Lipinski definition) is 1. The largest absolute Gasteiger partial charge is 0.314 e. The van der Waals surface area contributed by atoms with Crippen LogP contribution in [-0.4, -0.2) is 36.1 Å². The first-order valence-corrected chi connectivity index (χ1v) is 6.10. The molecular formula is C12H26N2. The molecule has 0 amide bonds. The summed E-state index contributed by atoms with van der Waals surface area (Å²) in [6.45, 7) is 11.6. The van der Waals surface area contributed by atoms with Crippen molar-refractivity contribution >= 4 is 0 Å². The summed E-state index contributed by atoms with van der Waals surface area (Å²) >= 11 is 0. The van der Waals surface area contributed by atoms with Crippen LogP contribution in [0.4, 0.5) is 0 Å². The van der Waals surface area contributed by atoms with Crippen LogP contribution in [0.1, 0.15) is 47.0 Å². The standard InChI is InChI=1S/C12H26N2/c1-10(2)13-8-7-12(4)14-9-5-6-11(14)3/h10-13H,5-9H2,1-4H3. The maximum Gasteiger partial charge on any atom is 0.00818 e. The van der Waals surface area contributed by atoms with Gasteiger partial charge in [0.2, 0.25) is 0 Å².